The quantitative estimate of drug-likeness (QED) is 0.778. The summed E-state index contributed by atoms with van der Waals surface area (Å²) >= 11 is 0. The highest BCUT2D eigenvalue weighted by molar-refractivity contribution is 5.76. The zero-order valence-electron chi connectivity index (χ0n) is 12.2. The third kappa shape index (κ3) is 4.94. The lowest BCUT2D eigenvalue weighted by Gasteiger charge is -2.34. The summed E-state index contributed by atoms with van der Waals surface area (Å²) < 4.78 is 0. The van der Waals surface area contributed by atoms with E-state index < -0.39 is 0 Å². The molecule has 1 aliphatic rings. The molecule has 1 saturated heterocycles. The Hall–Kier alpha value is -0.610. The first-order valence-electron chi connectivity index (χ1n) is 7.18. The molecular weight excluding hydrogens is 226 g/mol. The van der Waals surface area contributed by atoms with Crippen molar-refractivity contribution in [3.63, 3.8) is 0 Å². The van der Waals surface area contributed by atoms with E-state index in [0.717, 1.165) is 45.6 Å². The Kier molecular flexibility index (Phi) is 6.09. The highest BCUT2D eigenvalue weighted by Gasteiger charge is 2.23. The summed E-state index contributed by atoms with van der Waals surface area (Å²) in [7, 11) is 0. The monoisotopic (exact) mass is 255 g/mol. The van der Waals surface area contributed by atoms with Gasteiger partial charge in [-0.2, -0.15) is 0 Å². The average molecular weight is 255 g/mol. The molecule has 4 nitrogen and oxygen atoms in total. The largest absolute Gasteiger partial charge is 0.340 e. The van der Waals surface area contributed by atoms with Crippen LogP contribution in [-0.4, -0.2) is 55.0 Å². The molecule has 1 amide bonds. The minimum absolute atomic E-state index is 0.190. The van der Waals surface area contributed by atoms with E-state index in [2.05, 4.69) is 25.7 Å². The molecule has 0 aromatic heterocycles. The van der Waals surface area contributed by atoms with Crippen LogP contribution in [0.1, 0.15) is 40.0 Å². The maximum atomic E-state index is 12.1. The van der Waals surface area contributed by atoms with Crippen molar-refractivity contribution >= 4 is 5.91 Å². The molecule has 0 spiro atoms. The number of nitrogens with two attached hydrogens (primary N) is 1. The summed E-state index contributed by atoms with van der Waals surface area (Å²) in [5.74, 6) is 0.316. The predicted octanol–water partition coefficient (Wildman–Crippen LogP) is 1.31. The lowest BCUT2D eigenvalue weighted by Crippen LogP contribution is -2.48. The van der Waals surface area contributed by atoms with E-state index >= 15 is 0 Å². The van der Waals surface area contributed by atoms with Gasteiger partial charge in [0.05, 0.1) is 0 Å². The number of nitrogens with zero attached hydrogens (tertiary/aromatic N) is 2. The van der Waals surface area contributed by atoms with Gasteiger partial charge in [-0.1, -0.05) is 20.8 Å². The number of amides is 1. The number of piperazine rings is 1. The fourth-order valence-corrected chi connectivity index (χ4v) is 2.43. The first-order chi connectivity index (χ1) is 8.48. The Morgan fingerprint density at radius 2 is 1.78 bits per heavy atom. The Balaban J connectivity index is 2.29. The minimum Gasteiger partial charge on any atom is -0.340 e. The van der Waals surface area contributed by atoms with Gasteiger partial charge in [0.15, 0.2) is 0 Å². The van der Waals surface area contributed by atoms with Crippen molar-refractivity contribution in [3.05, 3.63) is 0 Å². The van der Waals surface area contributed by atoms with Crippen LogP contribution in [-0.2, 0) is 4.79 Å². The Morgan fingerprint density at radius 3 is 2.28 bits per heavy atom. The molecule has 0 atom stereocenters. The van der Waals surface area contributed by atoms with Crippen molar-refractivity contribution in [2.24, 2.45) is 11.1 Å². The molecule has 0 unspecified atom stereocenters. The molecule has 0 radical (unpaired) electrons. The van der Waals surface area contributed by atoms with Gasteiger partial charge in [0.2, 0.25) is 5.91 Å². The van der Waals surface area contributed by atoms with E-state index in [1.54, 1.807) is 0 Å². The lowest BCUT2D eigenvalue weighted by molar-refractivity contribution is -0.133. The van der Waals surface area contributed by atoms with E-state index in [9.17, 15) is 4.79 Å². The van der Waals surface area contributed by atoms with Crippen LogP contribution in [0.2, 0.25) is 0 Å². The molecule has 0 aromatic carbocycles. The number of carbonyl (C=O) groups is 1. The van der Waals surface area contributed by atoms with Crippen molar-refractivity contribution in [1.82, 2.24) is 9.80 Å². The van der Waals surface area contributed by atoms with Gasteiger partial charge < -0.3 is 15.5 Å². The van der Waals surface area contributed by atoms with Crippen LogP contribution >= 0.6 is 0 Å². The molecule has 0 aliphatic carbocycles. The van der Waals surface area contributed by atoms with Crippen molar-refractivity contribution in [2.75, 3.05) is 39.3 Å². The van der Waals surface area contributed by atoms with Crippen molar-refractivity contribution in [2.45, 2.75) is 40.0 Å². The molecule has 0 saturated carbocycles. The van der Waals surface area contributed by atoms with Crippen LogP contribution in [0.25, 0.3) is 0 Å². The number of rotatable bonds is 6. The minimum atomic E-state index is 0.190. The summed E-state index contributed by atoms with van der Waals surface area (Å²) in [5.41, 5.74) is 5.78. The topological polar surface area (TPSA) is 49.6 Å². The Morgan fingerprint density at radius 1 is 1.17 bits per heavy atom. The molecule has 1 rings (SSSR count). The second-order valence-electron chi connectivity index (χ2n) is 6.02. The first-order valence-corrected chi connectivity index (χ1v) is 7.18. The van der Waals surface area contributed by atoms with E-state index in [1.165, 1.54) is 0 Å². The van der Waals surface area contributed by atoms with Gasteiger partial charge in [0.25, 0.3) is 0 Å². The van der Waals surface area contributed by atoms with Crippen LogP contribution in [0.15, 0.2) is 0 Å². The molecule has 0 bridgehead atoms. The smallest absolute Gasteiger partial charge is 0.222 e. The summed E-state index contributed by atoms with van der Waals surface area (Å²) in [5, 5.41) is 0. The van der Waals surface area contributed by atoms with Crippen LogP contribution in [0, 0.1) is 5.41 Å². The molecule has 106 valence electrons. The summed E-state index contributed by atoms with van der Waals surface area (Å²) in [6.07, 6.45) is 2.60. The van der Waals surface area contributed by atoms with Gasteiger partial charge >= 0.3 is 0 Å². The normalized spacial score (nSPS) is 18.1. The fourth-order valence-electron chi connectivity index (χ4n) is 2.43. The number of hydrogen-bond donors (Lipinski definition) is 1. The van der Waals surface area contributed by atoms with Crippen LogP contribution in [0.3, 0.4) is 0 Å². The molecule has 1 fully saturated rings. The molecule has 1 heterocycles. The van der Waals surface area contributed by atoms with E-state index in [1.807, 2.05) is 4.90 Å². The highest BCUT2D eigenvalue weighted by Crippen LogP contribution is 2.26. The maximum absolute atomic E-state index is 12.1. The summed E-state index contributed by atoms with van der Waals surface area (Å²) in [4.78, 5) is 16.5. The molecular formula is C14H29N3O. The Labute approximate surface area is 111 Å². The van der Waals surface area contributed by atoms with Crippen LogP contribution in [0.4, 0.5) is 0 Å². The Bertz CT molecular complexity index is 258. The lowest BCUT2D eigenvalue weighted by atomic mass is 9.84. The van der Waals surface area contributed by atoms with Crippen LogP contribution < -0.4 is 5.73 Å². The second kappa shape index (κ2) is 7.10. The maximum Gasteiger partial charge on any atom is 0.222 e. The zero-order valence-corrected chi connectivity index (χ0v) is 12.2. The molecule has 1 aliphatic heterocycles. The van der Waals surface area contributed by atoms with E-state index in [0.29, 0.717) is 18.9 Å². The summed E-state index contributed by atoms with van der Waals surface area (Å²) in [6.45, 7) is 12.2. The number of hydrogen-bond acceptors (Lipinski definition) is 3. The number of carbonyl (C=O) groups excluding carboxylic acids is 1. The predicted molar refractivity (Wildman–Crippen MR) is 75.4 cm³/mol. The molecule has 0 aromatic rings. The fraction of sp³-hybridized carbons (Fsp3) is 0.929. The first kappa shape index (κ1) is 15.4. The van der Waals surface area contributed by atoms with Crippen molar-refractivity contribution < 1.29 is 4.79 Å². The zero-order chi connectivity index (χ0) is 13.6. The molecule has 18 heavy (non-hydrogen) atoms. The van der Waals surface area contributed by atoms with Gasteiger partial charge in [0.1, 0.15) is 0 Å². The third-order valence-electron chi connectivity index (χ3n) is 4.01. The van der Waals surface area contributed by atoms with Crippen molar-refractivity contribution in [1.29, 1.82) is 0 Å². The van der Waals surface area contributed by atoms with Gasteiger partial charge in [-0.15, -0.1) is 0 Å². The average Bonchev–Trinajstić information content (AvgIpc) is 2.36. The highest BCUT2D eigenvalue weighted by atomic mass is 16.2. The van der Waals surface area contributed by atoms with Gasteiger partial charge in [-0.3, -0.25) is 4.79 Å². The molecule has 2 N–H and O–H groups in total. The van der Waals surface area contributed by atoms with Gasteiger partial charge in [-0.25, -0.2) is 0 Å². The van der Waals surface area contributed by atoms with Gasteiger partial charge in [-0.05, 0) is 31.3 Å². The molecule has 4 heteroatoms. The third-order valence-corrected chi connectivity index (χ3v) is 4.01. The standard InChI is InChI=1S/C14H29N3O/c1-4-16-9-11-17(12-10-16)13(18)5-6-14(2,3)7-8-15/h4-12,15H2,1-3H3. The van der Waals surface area contributed by atoms with E-state index in [4.69, 9.17) is 5.73 Å². The second-order valence-corrected chi connectivity index (χ2v) is 6.02. The van der Waals surface area contributed by atoms with Crippen LogP contribution in [0.5, 0.6) is 0 Å². The SMILES string of the molecule is CCN1CCN(C(=O)CCC(C)(C)CCN)CC1. The number of likely N-dealkylation sites (N-methyl/N-ethyl adjacent to an activating group) is 1. The van der Waals surface area contributed by atoms with E-state index in [-0.39, 0.29) is 5.41 Å². The van der Waals surface area contributed by atoms with Crippen molar-refractivity contribution in [3.8, 4) is 0 Å². The summed E-state index contributed by atoms with van der Waals surface area (Å²) in [6, 6.07) is 0. The van der Waals surface area contributed by atoms with Gasteiger partial charge in [0, 0.05) is 32.6 Å².